The van der Waals surface area contributed by atoms with Crippen LogP contribution in [-0.2, 0) is 21.3 Å². The number of likely N-dealkylation sites (N-methyl/N-ethyl adjacent to an activating group) is 1. The van der Waals surface area contributed by atoms with Gasteiger partial charge in [0.05, 0.1) is 30.4 Å². The molecule has 0 spiro atoms. The van der Waals surface area contributed by atoms with Gasteiger partial charge in [-0.25, -0.2) is 8.42 Å². The van der Waals surface area contributed by atoms with Crippen molar-refractivity contribution in [2.24, 2.45) is 5.92 Å². The van der Waals surface area contributed by atoms with Crippen LogP contribution in [0.1, 0.15) is 56.0 Å². The van der Waals surface area contributed by atoms with E-state index in [0.29, 0.717) is 25.4 Å². The first kappa shape index (κ1) is 33.9. The average molecular weight is 644 g/mol. The van der Waals surface area contributed by atoms with Gasteiger partial charge >= 0.3 is 0 Å². The van der Waals surface area contributed by atoms with Gasteiger partial charge in [0.2, 0.25) is 0 Å². The van der Waals surface area contributed by atoms with Crippen LogP contribution in [-0.4, -0.2) is 80.8 Å². The highest BCUT2D eigenvalue weighted by Crippen LogP contribution is 2.30. The van der Waals surface area contributed by atoms with E-state index in [9.17, 15) is 18.3 Å². The second-order valence-corrected chi connectivity index (χ2v) is 14.6. The van der Waals surface area contributed by atoms with E-state index in [1.807, 2.05) is 25.1 Å². The van der Waals surface area contributed by atoms with E-state index in [2.05, 4.69) is 35.7 Å². The standard InChI is InChI=1S/C33H45N3O6S2/c1-24-20-36(25(2)23-37)33(38)29-19-28(34-44(39,40)32-14-10-18-43-32)15-16-30(29)42-26(3)11-8-9-17-41-31(24)22-35(4)21-27-12-6-5-7-13-27/h5-7,10,12-16,18-19,24-26,31,34,37H,8-9,11,17,20-23H2,1-4H3/t24-,25+,26+,31-/m0/s1. The maximum Gasteiger partial charge on any atom is 0.271 e. The third-order valence-electron chi connectivity index (χ3n) is 7.85. The molecule has 0 saturated carbocycles. The molecule has 2 heterocycles. The average Bonchev–Trinajstić information content (AvgIpc) is 3.55. The monoisotopic (exact) mass is 643 g/mol. The van der Waals surface area contributed by atoms with Gasteiger partial charge in [-0.05, 0) is 75.4 Å². The van der Waals surface area contributed by atoms with E-state index >= 15 is 0 Å². The summed E-state index contributed by atoms with van der Waals surface area (Å²) in [6.45, 7) is 8.01. The van der Waals surface area contributed by atoms with Crippen LogP contribution in [0.4, 0.5) is 5.69 Å². The second kappa shape index (κ2) is 15.9. The van der Waals surface area contributed by atoms with Crippen molar-refractivity contribution in [2.75, 3.05) is 38.1 Å². The summed E-state index contributed by atoms with van der Waals surface area (Å²) in [4.78, 5) is 18.2. The Balaban J connectivity index is 1.63. The highest BCUT2D eigenvalue weighted by molar-refractivity contribution is 7.94. The minimum atomic E-state index is -3.82. The summed E-state index contributed by atoms with van der Waals surface area (Å²) in [6, 6.07) is 17.8. The summed E-state index contributed by atoms with van der Waals surface area (Å²) in [6.07, 6.45) is 2.23. The first-order valence-corrected chi connectivity index (χ1v) is 17.6. The largest absolute Gasteiger partial charge is 0.490 e. The van der Waals surface area contributed by atoms with Gasteiger partial charge in [0.1, 0.15) is 9.96 Å². The molecule has 240 valence electrons. The Labute approximate surface area is 265 Å². The van der Waals surface area contributed by atoms with E-state index in [0.717, 1.165) is 37.1 Å². The molecule has 0 fully saturated rings. The van der Waals surface area contributed by atoms with Gasteiger partial charge in [-0.15, -0.1) is 11.3 Å². The van der Waals surface area contributed by atoms with Crippen molar-refractivity contribution in [1.82, 2.24) is 9.80 Å². The lowest BCUT2D eigenvalue weighted by atomic mass is 10.0. The number of nitrogens with one attached hydrogen (secondary N) is 1. The van der Waals surface area contributed by atoms with Crippen molar-refractivity contribution in [3.63, 3.8) is 0 Å². The third kappa shape index (κ3) is 9.28. The molecule has 0 aliphatic carbocycles. The van der Waals surface area contributed by atoms with Crippen LogP contribution < -0.4 is 9.46 Å². The van der Waals surface area contributed by atoms with Gasteiger partial charge in [-0.1, -0.05) is 43.3 Å². The minimum Gasteiger partial charge on any atom is -0.490 e. The van der Waals surface area contributed by atoms with E-state index < -0.39 is 16.1 Å². The fourth-order valence-electron chi connectivity index (χ4n) is 5.34. The molecule has 4 atom stereocenters. The van der Waals surface area contributed by atoms with Gasteiger partial charge < -0.3 is 19.5 Å². The Kier molecular flexibility index (Phi) is 12.2. The number of benzene rings is 2. The molecule has 0 saturated heterocycles. The highest BCUT2D eigenvalue weighted by atomic mass is 32.2. The van der Waals surface area contributed by atoms with Gasteiger partial charge in [0.15, 0.2) is 0 Å². The van der Waals surface area contributed by atoms with Gasteiger partial charge in [0.25, 0.3) is 15.9 Å². The van der Waals surface area contributed by atoms with Crippen LogP contribution >= 0.6 is 11.3 Å². The Bertz CT molecular complexity index is 1430. The highest BCUT2D eigenvalue weighted by Gasteiger charge is 2.30. The van der Waals surface area contributed by atoms with Crippen LogP contribution in [0.5, 0.6) is 5.75 Å². The number of rotatable bonds is 9. The molecule has 2 N–H and O–H groups in total. The molecule has 0 radical (unpaired) electrons. The molecule has 9 nitrogen and oxygen atoms in total. The van der Waals surface area contributed by atoms with Crippen LogP contribution in [0.2, 0.25) is 0 Å². The molecule has 2 aromatic carbocycles. The summed E-state index contributed by atoms with van der Waals surface area (Å²) in [5.74, 6) is -0.0130. The Morgan fingerprint density at radius 1 is 1.11 bits per heavy atom. The van der Waals surface area contributed by atoms with Crippen LogP contribution in [0.25, 0.3) is 0 Å². The number of aliphatic hydroxyl groups excluding tert-OH is 1. The SMILES string of the molecule is C[C@@H]1CCCCO[C@@H](CN(C)Cc2ccccc2)[C@@H](C)CN([C@H](C)CO)C(=O)c2cc(NS(=O)(=O)c3cccs3)ccc2O1. The molecule has 1 aliphatic rings. The Hall–Kier alpha value is -2.96. The molecular weight excluding hydrogens is 599 g/mol. The first-order chi connectivity index (χ1) is 21.1. The topological polar surface area (TPSA) is 108 Å². The normalized spacial score (nSPS) is 21.3. The van der Waals surface area contributed by atoms with Crippen molar-refractivity contribution >= 4 is 33.0 Å². The first-order valence-electron chi connectivity index (χ1n) is 15.2. The van der Waals surface area contributed by atoms with Crippen molar-refractivity contribution in [2.45, 2.75) is 69.0 Å². The number of sulfonamides is 1. The summed E-state index contributed by atoms with van der Waals surface area (Å²) in [7, 11) is -1.75. The predicted molar refractivity (Wildman–Crippen MR) is 175 cm³/mol. The van der Waals surface area contributed by atoms with Gasteiger partial charge in [0, 0.05) is 37.8 Å². The number of hydrogen-bond donors (Lipinski definition) is 2. The van der Waals surface area contributed by atoms with E-state index in [-0.39, 0.29) is 46.1 Å². The number of ether oxygens (including phenoxy) is 2. The molecule has 0 unspecified atom stereocenters. The fraction of sp³-hybridized carbons (Fsp3) is 0.485. The van der Waals surface area contributed by atoms with E-state index in [4.69, 9.17) is 9.47 Å². The summed E-state index contributed by atoms with van der Waals surface area (Å²) in [5.41, 5.74) is 1.72. The fourth-order valence-corrected chi connectivity index (χ4v) is 7.38. The van der Waals surface area contributed by atoms with Crippen LogP contribution in [0.3, 0.4) is 0 Å². The van der Waals surface area contributed by atoms with Gasteiger partial charge in [-0.3, -0.25) is 14.4 Å². The number of carbonyl (C=O) groups excluding carboxylic acids is 1. The van der Waals surface area contributed by atoms with Crippen LogP contribution in [0.15, 0.2) is 70.3 Å². The lowest BCUT2D eigenvalue weighted by molar-refractivity contribution is -0.0177. The maximum atomic E-state index is 14.3. The summed E-state index contributed by atoms with van der Waals surface area (Å²) >= 11 is 1.12. The Morgan fingerprint density at radius 2 is 1.89 bits per heavy atom. The number of amides is 1. The smallest absolute Gasteiger partial charge is 0.271 e. The number of hydrogen-bond acceptors (Lipinski definition) is 8. The van der Waals surface area contributed by atoms with E-state index in [1.54, 1.807) is 35.4 Å². The predicted octanol–water partition coefficient (Wildman–Crippen LogP) is 5.48. The Morgan fingerprint density at radius 3 is 2.59 bits per heavy atom. The lowest BCUT2D eigenvalue weighted by Gasteiger charge is -2.36. The third-order valence-corrected chi connectivity index (χ3v) is 10.6. The van der Waals surface area contributed by atoms with E-state index in [1.165, 1.54) is 17.7 Å². The van der Waals surface area contributed by atoms with Crippen molar-refractivity contribution in [1.29, 1.82) is 0 Å². The molecule has 44 heavy (non-hydrogen) atoms. The molecule has 1 aliphatic heterocycles. The number of anilines is 1. The molecule has 1 aromatic heterocycles. The van der Waals surface area contributed by atoms with Crippen molar-refractivity contribution in [3.8, 4) is 5.75 Å². The quantitative estimate of drug-likeness (QED) is 0.318. The van der Waals surface area contributed by atoms with Crippen molar-refractivity contribution in [3.05, 3.63) is 77.2 Å². The van der Waals surface area contributed by atoms with Crippen molar-refractivity contribution < 1.29 is 27.8 Å². The van der Waals surface area contributed by atoms with Gasteiger partial charge in [-0.2, -0.15) is 0 Å². The number of fused-ring (bicyclic) bond motifs is 1. The number of aliphatic hydroxyl groups is 1. The molecule has 11 heteroatoms. The zero-order valence-corrected chi connectivity index (χ0v) is 27.6. The molecule has 0 bridgehead atoms. The summed E-state index contributed by atoms with van der Waals surface area (Å²) < 4.78 is 41.4. The summed E-state index contributed by atoms with van der Waals surface area (Å²) in [5, 5.41) is 11.9. The zero-order chi connectivity index (χ0) is 31.7. The number of carbonyl (C=O) groups is 1. The second-order valence-electron chi connectivity index (χ2n) is 11.7. The number of thiophene rings is 1. The molecule has 3 aromatic rings. The molecule has 4 rings (SSSR count). The maximum absolute atomic E-state index is 14.3. The molecule has 1 amide bonds. The van der Waals surface area contributed by atoms with Crippen LogP contribution in [0, 0.1) is 5.92 Å². The molecular formula is C33H45N3O6S2. The minimum absolute atomic E-state index is 0.0575. The lowest BCUT2D eigenvalue weighted by Crippen LogP contribution is -2.47. The zero-order valence-electron chi connectivity index (χ0n) is 26.0. The number of nitrogens with zero attached hydrogens (tertiary/aromatic N) is 2.